The van der Waals surface area contributed by atoms with Gasteiger partial charge in [0.1, 0.15) is 19.3 Å². The quantitative estimate of drug-likeness (QED) is 0.0384. The maximum Gasteiger partial charge on any atom is 0.305 e. The average Bonchev–Trinajstić information content (AvgIpc) is 3.15. The van der Waals surface area contributed by atoms with Crippen molar-refractivity contribution in [3.63, 3.8) is 0 Å². The minimum absolute atomic E-state index is 0.114. The predicted molar refractivity (Wildman–Crippen MR) is 224 cm³/mol. The minimum Gasteiger partial charge on any atom is -0.463 e. The van der Waals surface area contributed by atoms with Gasteiger partial charge in [-0.15, -0.1) is 0 Å². The zero-order chi connectivity index (χ0) is 37.8. The Balaban J connectivity index is 3.39. The van der Waals surface area contributed by atoms with Crippen LogP contribution in [0.25, 0.3) is 0 Å². The summed E-state index contributed by atoms with van der Waals surface area (Å²) in [5.74, 6) is -0.560. The van der Waals surface area contributed by atoms with Crippen molar-refractivity contribution in [2.24, 2.45) is 0 Å². The fourth-order valence-electron chi connectivity index (χ4n) is 6.67. The number of hydrogen-bond donors (Lipinski definition) is 1. The molecule has 0 spiro atoms. The molecule has 0 aliphatic heterocycles. The first-order valence-corrected chi connectivity index (χ1v) is 22.9. The first-order chi connectivity index (χ1) is 25.6. The van der Waals surface area contributed by atoms with E-state index in [-0.39, 0.29) is 25.2 Å². The molecule has 1 N–H and O–H groups in total. The van der Waals surface area contributed by atoms with Crippen LogP contribution in [0.3, 0.4) is 0 Å². The van der Waals surface area contributed by atoms with Gasteiger partial charge in [0.15, 0.2) is 0 Å². The van der Waals surface area contributed by atoms with Crippen molar-refractivity contribution in [1.82, 2.24) is 0 Å². The molecule has 0 saturated carbocycles. The summed E-state index contributed by atoms with van der Waals surface area (Å²) in [6.45, 7) is 4.32. The van der Waals surface area contributed by atoms with E-state index in [0.717, 1.165) is 38.5 Å². The molecular formula is C47H88O5. The summed E-state index contributed by atoms with van der Waals surface area (Å²) in [5, 5.41) is 10.1. The lowest BCUT2D eigenvalue weighted by atomic mass is 10.1. The lowest BCUT2D eigenvalue weighted by Crippen LogP contribution is -2.25. The Bertz CT molecular complexity index is 727. The van der Waals surface area contributed by atoms with E-state index in [4.69, 9.17) is 9.47 Å². The third-order valence-corrected chi connectivity index (χ3v) is 10.2. The van der Waals surface area contributed by atoms with E-state index in [1.165, 1.54) is 180 Å². The van der Waals surface area contributed by atoms with Gasteiger partial charge < -0.3 is 14.6 Å². The number of aliphatic hydroxyl groups is 1. The van der Waals surface area contributed by atoms with Crippen molar-refractivity contribution in [2.75, 3.05) is 13.2 Å². The van der Waals surface area contributed by atoms with Gasteiger partial charge in [0.05, 0.1) is 0 Å². The first kappa shape index (κ1) is 50.4. The Morgan fingerprint density at radius 3 is 0.885 bits per heavy atom. The summed E-state index contributed by atoms with van der Waals surface area (Å²) >= 11 is 0. The highest BCUT2D eigenvalue weighted by molar-refractivity contribution is 5.69. The monoisotopic (exact) mass is 733 g/mol. The molecule has 0 heterocycles. The van der Waals surface area contributed by atoms with E-state index in [1.807, 2.05) is 0 Å². The van der Waals surface area contributed by atoms with Crippen LogP contribution in [0.1, 0.15) is 245 Å². The molecule has 0 fully saturated rings. The average molecular weight is 733 g/mol. The SMILES string of the molecule is CCCCCCCCC=CCCCCCCCCCCCC(=O)OCC(O)COC(=O)CCCCCCCCCCCC=CCCCCCCCC. The van der Waals surface area contributed by atoms with E-state index in [1.54, 1.807) is 0 Å². The van der Waals surface area contributed by atoms with E-state index >= 15 is 0 Å². The van der Waals surface area contributed by atoms with Crippen LogP contribution < -0.4 is 0 Å². The number of unbranched alkanes of at least 4 members (excludes halogenated alkanes) is 30. The summed E-state index contributed by atoms with van der Waals surface area (Å²) < 4.78 is 10.4. The highest BCUT2D eigenvalue weighted by atomic mass is 16.6. The first-order valence-electron chi connectivity index (χ1n) is 22.9. The molecule has 52 heavy (non-hydrogen) atoms. The molecule has 0 unspecified atom stereocenters. The van der Waals surface area contributed by atoms with Gasteiger partial charge in [-0.25, -0.2) is 0 Å². The molecule has 0 aromatic rings. The summed E-state index contributed by atoms with van der Waals surface area (Å²) in [6, 6.07) is 0. The molecule has 0 bridgehead atoms. The van der Waals surface area contributed by atoms with Gasteiger partial charge in [-0.05, 0) is 64.2 Å². The molecule has 0 atom stereocenters. The van der Waals surface area contributed by atoms with Crippen LogP contribution in [0.5, 0.6) is 0 Å². The molecular weight excluding hydrogens is 645 g/mol. The fraction of sp³-hybridized carbons (Fsp3) is 0.872. The van der Waals surface area contributed by atoms with Crippen LogP contribution >= 0.6 is 0 Å². The molecule has 0 aliphatic carbocycles. The van der Waals surface area contributed by atoms with Crippen LogP contribution in [0.15, 0.2) is 24.3 Å². The summed E-state index contributed by atoms with van der Waals surface area (Å²) in [5.41, 5.74) is 0. The van der Waals surface area contributed by atoms with Crippen LogP contribution in [0.2, 0.25) is 0 Å². The third-order valence-electron chi connectivity index (χ3n) is 10.2. The lowest BCUT2D eigenvalue weighted by Gasteiger charge is -2.12. The standard InChI is InChI=1S/C47H88O5/c1-3-5-7-9-11-13-15-17-19-21-23-25-27-29-31-33-35-37-39-41-46(49)51-43-45(48)44-52-47(50)42-40-38-36-34-32-30-28-26-24-22-20-18-16-14-12-10-8-6-4-2/h17-20,45,48H,3-16,21-44H2,1-2H3. The number of aliphatic hydroxyl groups excluding tert-OH is 1. The molecule has 5 heteroatoms. The van der Waals surface area contributed by atoms with E-state index < -0.39 is 6.10 Å². The predicted octanol–water partition coefficient (Wildman–Crippen LogP) is 14.6. The minimum atomic E-state index is -0.963. The van der Waals surface area contributed by atoms with E-state index in [0.29, 0.717) is 12.8 Å². The topological polar surface area (TPSA) is 72.8 Å². The van der Waals surface area contributed by atoms with Crippen molar-refractivity contribution in [2.45, 2.75) is 251 Å². The Kier molecular flexibility index (Phi) is 42.4. The molecule has 0 aromatic heterocycles. The highest BCUT2D eigenvalue weighted by Crippen LogP contribution is 2.14. The van der Waals surface area contributed by atoms with Crippen LogP contribution in [0.4, 0.5) is 0 Å². The number of allylic oxidation sites excluding steroid dienone is 4. The molecule has 0 rings (SSSR count). The van der Waals surface area contributed by atoms with Crippen molar-refractivity contribution in [3.8, 4) is 0 Å². The van der Waals surface area contributed by atoms with Crippen molar-refractivity contribution < 1.29 is 24.2 Å². The normalized spacial score (nSPS) is 12.3. The molecule has 5 nitrogen and oxygen atoms in total. The Hall–Kier alpha value is -1.62. The number of ether oxygens (including phenoxy) is 2. The van der Waals surface area contributed by atoms with E-state index in [2.05, 4.69) is 38.2 Å². The maximum atomic E-state index is 12.0. The Morgan fingerprint density at radius 2 is 0.615 bits per heavy atom. The number of rotatable bonds is 42. The smallest absolute Gasteiger partial charge is 0.305 e. The molecule has 0 aliphatic rings. The van der Waals surface area contributed by atoms with Gasteiger partial charge in [-0.2, -0.15) is 0 Å². The second-order valence-electron chi connectivity index (χ2n) is 15.5. The lowest BCUT2D eigenvalue weighted by molar-refractivity contribution is -0.152. The molecule has 0 amide bonds. The van der Waals surface area contributed by atoms with Gasteiger partial charge in [0.2, 0.25) is 0 Å². The van der Waals surface area contributed by atoms with Gasteiger partial charge in [-0.1, -0.05) is 192 Å². The fourth-order valence-corrected chi connectivity index (χ4v) is 6.67. The third kappa shape index (κ3) is 42.8. The van der Waals surface area contributed by atoms with Gasteiger partial charge in [0, 0.05) is 12.8 Å². The number of hydrogen-bond acceptors (Lipinski definition) is 5. The van der Waals surface area contributed by atoms with Crippen LogP contribution in [-0.2, 0) is 19.1 Å². The zero-order valence-corrected chi connectivity index (χ0v) is 34.8. The summed E-state index contributed by atoms with van der Waals surface area (Å²) in [6.07, 6.45) is 52.4. The molecule has 0 saturated heterocycles. The van der Waals surface area contributed by atoms with Gasteiger partial charge in [-0.3, -0.25) is 9.59 Å². The largest absolute Gasteiger partial charge is 0.463 e. The van der Waals surface area contributed by atoms with Crippen molar-refractivity contribution in [1.29, 1.82) is 0 Å². The van der Waals surface area contributed by atoms with Crippen LogP contribution in [-0.4, -0.2) is 36.4 Å². The summed E-state index contributed by atoms with van der Waals surface area (Å²) in [4.78, 5) is 24.0. The molecule has 0 radical (unpaired) electrons. The highest BCUT2D eigenvalue weighted by Gasteiger charge is 2.12. The van der Waals surface area contributed by atoms with Gasteiger partial charge in [0.25, 0.3) is 0 Å². The van der Waals surface area contributed by atoms with Crippen molar-refractivity contribution in [3.05, 3.63) is 24.3 Å². The number of carbonyl (C=O) groups excluding carboxylic acids is 2. The summed E-state index contributed by atoms with van der Waals surface area (Å²) in [7, 11) is 0. The van der Waals surface area contributed by atoms with Gasteiger partial charge >= 0.3 is 11.9 Å². The molecule has 0 aromatic carbocycles. The van der Waals surface area contributed by atoms with E-state index in [9.17, 15) is 14.7 Å². The van der Waals surface area contributed by atoms with Crippen molar-refractivity contribution >= 4 is 11.9 Å². The second-order valence-corrected chi connectivity index (χ2v) is 15.5. The zero-order valence-electron chi connectivity index (χ0n) is 34.8. The maximum absolute atomic E-state index is 12.0. The molecule has 306 valence electrons. The Labute approximate surface area is 323 Å². The number of esters is 2. The number of carbonyl (C=O) groups is 2. The van der Waals surface area contributed by atoms with Crippen LogP contribution in [0, 0.1) is 0 Å². The second kappa shape index (κ2) is 43.8. The Morgan fingerprint density at radius 1 is 0.385 bits per heavy atom.